The van der Waals surface area contributed by atoms with E-state index in [9.17, 15) is 0 Å². The molecule has 1 aliphatic rings. The van der Waals surface area contributed by atoms with E-state index in [0.29, 0.717) is 12.3 Å². The Morgan fingerprint density at radius 2 is 2.06 bits per heavy atom. The standard InChI is InChI=1S/C14H19BrO2/c1-17-14-12(11-4-2-3-5-11)8-10(6-7-16)9-13(14)15/h8-9,11,16H,2-7H2,1H3. The zero-order valence-electron chi connectivity index (χ0n) is 10.2. The predicted molar refractivity (Wildman–Crippen MR) is 72.7 cm³/mol. The molecule has 1 N–H and O–H groups in total. The van der Waals surface area contributed by atoms with E-state index in [1.54, 1.807) is 7.11 Å². The van der Waals surface area contributed by atoms with Crippen LogP contribution in [0.4, 0.5) is 0 Å². The molecule has 0 amide bonds. The summed E-state index contributed by atoms with van der Waals surface area (Å²) in [6.07, 6.45) is 5.85. The minimum Gasteiger partial charge on any atom is -0.495 e. The number of hydrogen-bond acceptors (Lipinski definition) is 2. The summed E-state index contributed by atoms with van der Waals surface area (Å²) in [6.45, 7) is 0.197. The highest BCUT2D eigenvalue weighted by atomic mass is 79.9. The fourth-order valence-corrected chi connectivity index (χ4v) is 3.39. The zero-order valence-corrected chi connectivity index (χ0v) is 11.8. The molecule has 0 unspecified atom stereocenters. The van der Waals surface area contributed by atoms with Crippen LogP contribution in [0, 0.1) is 0 Å². The van der Waals surface area contributed by atoms with Crippen LogP contribution in [0.1, 0.15) is 42.7 Å². The van der Waals surface area contributed by atoms with Crippen LogP contribution in [0.25, 0.3) is 0 Å². The van der Waals surface area contributed by atoms with E-state index in [-0.39, 0.29) is 6.61 Å². The molecule has 0 aromatic heterocycles. The molecule has 0 radical (unpaired) electrons. The lowest BCUT2D eigenvalue weighted by molar-refractivity contribution is 0.299. The maximum absolute atomic E-state index is 9.05. The minimum absolute atomic E-state index is 0.197. The van der Waals surface area contributed by atoms with Crippen LogP contribution in [-0.2, 0) is 6.42 Å². The highest BCUT2D eigenvalue weighted by Gasteiger charge is 2.22. The number of hydrogen-bond donors (Lipinski definition) is 1. The summed E-state index contributed by atoms with van der Waals surface area (Å²) in [5.74, 6) is 1.60. The van der Waals surface area contributed by atoms with Gasteiger partial charge in [-0.15, -0.1) is 0 Å². The number of rotatable bonds is 4. The average molecular weight is 299 g/mol. The Labute approximate surface area is 111 Å². The van der Waals surface area contributed by atoms with Gasteiger partial charge in [-0.3, -0.25) is 0 Å². The fourth-order valence-electron chi connectivity index (χ4n) is 2.70. The van der Waals surface area contributed by atoms with Crippen molar-refractivity contribution < 1.29 is 9.84 Å². The Morgan fingerprint density at radius 3 is 2.65 bits per heavy atom. The van der Waals surface area contributed by atoms with E-state index in [0.717, 1.165) is 10.2 Å². The van der Waals surface area contributed by atoms with E-state index in [2.05, 4.69) is 22.0 Å². The molecule has 1 aromatic rings. The highest BCUT2D eigenvalue weighted by molar-refractivity contribution is 9.10. The van der Waals surface area contributed by atoms with Crippen molar-refractivity contribution in [2.45, 2.75) is 38.0 Å². The Hall–Kier alpha value is -0.540. The van der Waals surface area contributed by atoms with Crippen molar-refractivity contribution in [2.24, 2.45) is 0 Å². The fraction of sp³-hybridized carbons (Fsp3) is 0.571. The first-order valence-corrected chi connectivity index (χ1v) is 7.02. The van der Waals surface area contributed by atoms with E-state index in [1.165, 1.54) is 36.8 Å². The van der Waals surface area contributed by atoms with Crippen molar-refractivity contribution in [1.82, 2.24) is 0 Å². The largest absolute Gasteiger partial charge is 0.495 e. The predicted octanol–water partition coefficient (Wildman–Crippen LogP) is 3.65. The van der Waals surface area contributed by atoms with Crippen LogP contribution in [-0.4, -0.2) is 18.8 Å². The lowest BCUT2D eigenvalue weighted by Gasteiger charge is -2.17. The summed E-state index contributed by atoms with van der Waals surface area (Å²) in [7, 11) is 1.73. The first kappa shape index (κ1) is 12.9. The molecular formula is C14H19BrO2. The van der Waals surface area contributed by atoms with Crippen LogP contribution < -0.4 is 4.74 Å². The summed E-state index contributed by atoms with van der Waals surface area (Å²) in [5, 5.41) is 9.05. The zero-order chi connectivity index (χ0) is 12.3. The van der Waals surface area contributed by atoms with Gasteiger partial charge in [-0.1, -0.05) is 18.9 Å². The Balaban J connectivity index is 2.37. The third-order valence-corrected chi connectivity index (χ3v) is 4.12. The van der Waals surface area contributed by atoms with Crippen molar-refractivity contribution in [3.63, 3.8) is 0 Å². The topological polar surface area (TPSA) is 29.5 Å². The van der Waals surface area contributed by atoms with E-state index in [4.69, 9.17) is 9.84 Å². The van der Waals surface area contributed by atoms with Crippen LogP contribution >= 0.6 is 15.9 Å². The SMILES string of the molecule is COc1c(Br)cc(CCO)cc1C1CCCC1. The lowest BCUT2D eigenvalue weighted by Crippen LogP contribution is -2.01. The van der Waals surface area contributed by atoms with E-state index in [1.807, 2.05) is 6.07 Å². The maximum atomic E-state index is 9.05. The molecule has 0 spiro atoms. The second-order valence-electron chi connectivity index (χ2n) is 4.66. The summed E-state index contributed by atoms with van der Waals surface area (Å²) in [6, 6.07) is 4.25. The average Bonchev–Trinajstić information content (AvgIpc) is 2.82. The van der Waals surface area contributed by atoms with Crippen molar-refractivity contribution in [1.29, 1.82) is 0 Å². The monoisotopic (exact) mass is 298 g/mol. The summed E-state index contributed by atoms with van der Waals surface area (Å²) >= 11 is 3.57. The van der Waals surface area contributed by atoms with Crippen molar-refractivity contribution in [3.8, 4) is 5.75 Å². The van der Waals surface area contributed by atoms with Crippen LogP contribution in [0.2, 0.25) is 0 Å². The molecule has 0 heterocycles. The number of aliphatic hydroxyl groups excluding tert-OH is 1. The number of ether oxygens (including phenoxy) is 1. The molecule has 3 heteroatoms. The van der Waals surface area contributed by atoms with Crippen molar-refractivity contribution in [3.05, 3.63) is 27.7 Å². The quantitative estimate of drug-likeness (QED) is 0.919. The van der Waals surface area contributed by atoms with Crippen LogP contribution in [0.15, 0.2) is 16.6 Å². The smallest absolute Gasteiger partial charge is 0.136 e. The number of aliphatic hydroxyl groups is 1. The molecular weight excluding hydrogens is 280 g/mol. The lowest BCUT2D eigenvalue weighted by atomic mass is 9.94. The van der Waals surface area contributed by atoms with E-state index < -0.39 is 0 Å². The van der Waals surface area contributed by atoms with Gasteiger partial charge in [-0.25, -0.2) is 0 Å². The molecule has 2 nitrogen and oxygen atoms in total. The van der Waals surface area contributed by atoms with Gasteiger partial charge in [0.2, 0.25) is 0 Å². The van der Waals surface area contributed by atoms with Crippen LogP contribution in [0.5, 0.6) is 5.75 Å². The molecule has 1 aliphatic carbocycles. The van der Waals surface area contributed by atoms with Gasteiger partial charge >= 0.3 is 0 Å². The molecule has 0 aliphatic heterocycles. The number of halogens is 1. The normalized spacial score (nSPS) is 16.4. The Morgan fingerprint density at radius 1 is 1.35 bits per heavy atom. The molecule has 1 fully saturated rings. The van der Waals surface area contributed by atoms with Gasteiger partial charge in [-0.2, -0.15) is 0 Å². The van der Waals surface area contributed by atoms with Gasteiger partial charge in [0, 0.05) is 6.61 Å². The molecule has 0 bridgehead atoms. The van der Waals surface area contributed by atoms with Gasteiger partial charge in [0.1, 0.15) is 5.75 Å². The molecule has 1 saturated carbocycles. The molecule has 1 aromatic carbocycles. The van der Waals surface area contributed by atoms with Gasteiger partial charge in [0.25, 0.3) is 0 Å². The van der Waals surface area contributed by atoms with Crippen molar-refractivity contribution in [2.75, 3.05) is 13.7 Å². The highest BCUT2D eigenvalue weighted by Crippen LogP contribution is 2.42. The summed E-state index contributed by atoms with van der Waals surface area (Å²) in [5.41, 5.74) is 2.49. The molecule has 0 atom stereocenters. The molecule has 2 rings (SSSR count). The summed E-state index contributed by atoms with van der Waals surface area (Å²) < 4.78 is 6.52. The third-order valence-electron chi connectivity index (χ3n) is 3.53. The summed E-state index contributed by atoms with van der Waals surface area (Å²) in [4.78, 5) is 0. The Kier molecular flexibility index (Phi) is 4.46. The second kappa shape index (κ2) is 5.87. The van der Waals surface area contributed by atoms with Crippen molar-refractivity contribution >= 4 is 15.9 Å². The van der Waals surface area contributed by atoms with E-state index >= 15 is 0 Å². The van der Waals surface area contributed by atoms with Crippen LogP contribution in [0.3, 0.4) is 0 Å². The van der Waals surface area contributed by atoms with Gasteiger partial charge < -0.3 is 9.84 Å². The van der Waals surface area contributed by atoms with Gasteiger partial charge in [-0.05, 0) is 58.3 Å². The molecule has 0 saturated heterocycles. The number of methoxy groups -OCH3 is 1. The van der Waals surface area contributed by atoms with Gasteiger partial charge in [0.15, 0.2) is 0 Å². The second-order valence-corrected chi connectivity index (χ2v) is 5.51. The first-order chi connectivity index (χ1) is 8.26. The first-order valence-electron chi connectivity index (χ1n) is 6.23. The molecule has 17 heavy (non-hydrogen) atoms. The number of benzene rings is 1. The third kappa shape index (κ3) is 2.83. The Bertz CT molecular complexity index is 384. The minimum atomic E-state index is 0.197. The van der Waals surface area contributed by atoms with Gasteiger partial charge in [0.05, 0.1) is 11.6 Å². The maximum Gasteiger partial charge on any atom is 0.136 e. The molecule has 94 valence electrons.